The Morgan fingerprint density at radius 3 is 2.14 bits per heavy atom. The van der Waals surface area contributed by atoms with Crippen LogP contribution in [0, 0.1) is 16.7 Å². The Morgan fingerprint density at radius 2 is 1.71 bits per heavy atom. The predicted octanol–water partition coefficient (Wildman–Crippen LogP) is 3.40. The lowest BCUT2D eigenvalue weighted by molar-refractivity contribution is -0.110. The molecule has 4 nitrogen and oxygen atoms in total. The van der Waals surface area contributed by atoms with Gasteiger partial charge < -0.3 is 5.32 Å². The van der Waals surface area contributed by atoms with Gasteiger partial charge in [0.25, 0.3) is 5.91 Å². The topological polar surface area (TPSA) is 54.9 Å². The summed E-state index contributed by atoms with van der Waals surface area (Å²) in [5.41, 5.74) is 1.50. The molecule has 21 heavy (non-hydrogen) atoms. The van der Waals surface area contributed by atoms with Crippen molar-refractivity contribution in [3.8, 4) is 0 Å². The van der Waals surface area contributed by atoms with Crippen LogP contribution in [0.1, 0.15) is 70.6 Å². The molecule has 0 aromatic carbocycles. The zero-order valence-electron chi connectivity index (χ0n) is 14.2. The number of carbonyl (C=O) groups is 1. The molecular formula is C17H27N3O. The van der Waals surface area contributed by atoms with Gasteiger partial charge in [0.15, 0.2) is 0 Å². The Bertz CT molecular complexity index is 515. The van der Waals surface area contributed by atoms with Crippen LogP contribution in [0.2, 0.25) is 0 Å². The minimum absolute atomic E-state index is 0.102. The van der Waals surface area contributed by atoms with Gasteiger partial charge in [0.05, 0.1) is 11.9 Å². The molecular weight excluding hydrogens is 262 g/mol. The van der Waals surface area contributed by atoms with Crippen molar-refractivity contribution < 1.29 is 4.79 Å². The largest absolute Gasteiger partial charge is 0.347 e. The van der Waals surface area contributed by atoms with Crippen LogP contribution >= 0.6 is 0 Å². The SMILES string of the molecule is CC(C)c1cnc(C(=O)NC2C(C)(C)C(C)C2(C)C)cn1. The van der Waals surface area contributed by atoms with Gasteiger partial charge in [-0.1, -0.05) is 48.5 Å². The highest BCUT2D eigenvalue weighted by Gasteiger charge is 2.59. The van der Waals surface area contributed by atoms with Crippen molar-refractivity contribution in [3.05, 3.63) is 23.8 Å². The second-order valence-corrected chi connectivity index (χ2v) is 7.75. The van der Waals surface area contributed by atoms with E-state index in [9.17, 15) is 4.79 Å². The molecule has 1 aromatic rings. The molecule has 1 heterocycles. The Hall–Kier alpha value is -1.45. The number of hydrogen-bond acceptors (Lipinski definition) is 3. The molecule has 1 fully saturated rings. The van der Waals surface area contributed by atoms with Gasteiger partial charge in [-0.25, -0.2) is 4.98 Å². The number of aromatic nitrogens is 2. The smallest absolute Gasteiger partial charge is 0.271 e. The third-order valence-corrected chi connectivity index (χ3v) is 5.49. The highest BCUT2D eigenvalue weighted by molar-refractivity contribution is 5.92. The first kappa shape index (κ1) is 15.9. The Labute approximate surface area is 127 Å². The summed E-state index contributed by atoms with van der Waals surface area (Å²) in [5.74, 6) is 0.750. The van der Waals surface area contributed by atoms with Gasteiger partial charge in [-0.15, -0.1) is 0 Å². The van der Waals surface area contributed by atoms with Gasteiger partial charge in [0.1, 0.15) is 5.69 Å². The highest BCUT2D eigenvalue weighted by Crippen LogP contribution is 2.58. The maximum Gasteiger partial charge on any atom is 0.271 e. The summed E-state index contributed by atoms with van der Waals surface area (Å²) < 4.78 is 0. The fourth-order valence-electron chi connectivity index (χ4n) is 3.65. The van der Waals surface area contributed by atoms with Crippen molar-refractivity contribution in [1.82, 2.24) is 15.3 Å². The van der Waals surface area contributed by atoms with Crippen LogP contribution in [0.5, 0.6) is 0 Å². The lowest BCUT2D eigenvalue weighted by Crippen LogP contribution is -2.69. The van der Waals surface area contributed by atoms with E-state index in [1.54, 1.807) is 12.4 Å². The summed E-state index contributed by atoms with van der Waals surface area (Å²) in [6.07, 6.45) is 3.27. The number of nitrogens with zero attached hydrogens (tertiary/aromatic N) is 2. The molecule has 2 rings (SSSR count). The second kappa shape index (κ2) is 5.08. The fourth-order valence-corrected chi connectivity index (χ4v) is 3.65. The highest BCUT2D eigenvalue weighted by atomic mass is 16.2. The fraction of sp³-hybridized carbons (Fsp3) is 0.706. The molecule has 1 saturated carbocycles. The molecule has 0 spiro atoms. The van der Waals surface area contributed by atoms with E-state index >= 15 is 0 Å². The van der Waals surface area contributed by atoms with Crippen molar-refractivity contribution in [2.45, 2.75) is 60.4 Å². The van der Waals surface area contributed by atoms with Gasteiger partial charge in [-0.2, -0.15) is 0 Å². The summed E-state index contributed by atoms with van der Waals surface area (Å²) in [7, 11) is 0. The first-order valence-electron chi connectivity index (χ1n) is 7.71. The first-order chi connectivity index (χ1) is 9.58. The average Bonchev–Trinajstić information content (AvgIpc) is 2.43. The Balaban J connectivity index is 2.12. The molecule has 0 unspecified atom stereocenters. The number of rotatable bonds is 3. The Morgan fingerprint density at radius 1 is 1.14 bits per heavy atom. The van der Waals surface area contributed by atoms with Crippen LogP contribution in [0.25, 0.3) is 0 Å². The van der Waals surface area contributed by atoms with Crippen LogP contribution in [0.3, 0.4) is 0 Å². The van der Waals surface area contributed by atoms with E-state index < -0.39 is 0 Å². The summed E-state index contributed by atoms with van der Waals surface area (Å²) in [5, 5.41) is 3.15. The van der Waals surface area contributed by atoms with E-state index in [0.29, 0.717) is 17.5 Å². The third-order valence-electron chi connectivity index (χ3n) is 5.49. The number of carbonyl (C=O) groups excluding carboxylic acids is 1. The molecule has 0 atom stereocenters. The van der Waals surface area contributed by atoms with Gasteiger partial charge in [0, 0.05) is 12.2 Å². The molecule has 4 heteroatoms. The number of amides is 1. The maximum absolute atomic E-state index is 12.4. The molecule has 1 aliphatic rings. The normalized spacial score (nSPS) is 26.3. The standard InChI is InChI=1S/C17H27N3O/c1-10(2)12-8-19-13(9-18-12)14(21)20-15-16(4,5)11(3)17(15,6)7/h8-11,15H,1-7H3,(H,20,21). The lowest BCUT2D eigenvalue weighted by Gasteiger charge is -2.63. The molecule has 0 saturated heterocycles. The summed E-state index contributed by atoms with van der Waals surface area (Å²) >= 11 is 0. The molecule has 0 bridgehead atoms. The molecule has 0 aliphatic heterocycles. The molecule has 1 amide bonds. The summed E-state index contributed by atoms with van der Waals surface area (Å²) in [4.78, 5) is 21.0. The van der Waals surface area contributed by atoms with E-state index in [1.807, 2.05) is 0 Å². The average molecular weight is 289 g/mol. The molecule has 1 aliphatic carbocycles. The summed E-state index contributed by atoms with van der Waals surface area (Å²) in [6, 6.07) is 0.152. The van der Waals surface area contributed by atoms with Crippen molar-refractivity contribution in [1.29, 1.82) is 0 Å². The quantitative estimate of drug-likeness (QED) is 0.928. The van der Waals surface area contributed by atoms with Crippen molar-refractivity contribution >= 4 is 5.91 Å². The maximum atomic E-state index is 12.4. The predicted molar refractivity (Wildman–Crippen MR) is 84.1 cm³/mol. The minimum Gasteiger partial charge on any atom is -0.347 e. The number of hydrogen-bond donors (Lipinski definition) is 1. The van der Waals surface area contributed by atoms with E-state index in [1.165, 1.54) is 0 Å². The van der Waals surface area contributed by atoms with Crippen LogP contribution < -0.4 is 5.32 Å². The van der Waals surface area contributed by atoms with Crippen LogP contribution in [0.4, 0.5) is 0 Å². The van der Waals surface area contributed by atoms with Gasteiger partial charge in [0.2, 0.25) is 0 Å². The molecule has 1 N–H and O–H groups in total. The zero-order valence-corrected chi connectivity index (χ0v) is 14.2. The van der Waals surface area contributed by atoms with Crippen LogP contribution in [0.15, 0.2) is 12.4 Å². The van der Waals surface area contributed by atoms with Crippen molar-refractivity contribution in [3.63, 3.8) is 0 Å². The molecule has 0 radical (unpaired) electrons. The zero-order chi connectivity index (χ0) is 16.0. The van der Waals surface area contributed by atoms with Gasteiger partial charge in [-0.3, -0.25) is 9.78 Å². The van der Waals surface area contributed by atoms with Gasteiger partial charge in [-0.05, 0) is 22.7 Å². The minimum atomic E-state index is -0.129. The van der Waals surface area contributed by atoms with E-state index in [4.69, 9.17) is 0 Å². The van der Waals surface area contributed by atoms with E-state index in [0.717, 1.165) is 5.69 Å². The van der Waals surface area contributed by atoms with Crippen molar-refractivity contribution in [2.75, 3.05) is 0 Å². The van der Waals surface area contributed by atoms with Crippen LogP contribution in [-0.4, -0.2) is 21.9 Å². The second-order valence-electron chi connectivity index (χ2n) is 7.75. The van der Waals surface area contributed by atoms with E-state index in [-0.39, 0.29) is 22.8 Å². The summed E-state index contributed by atoms with van der Waals surface area (Å²) in [6.45, 7) is 15.2. The molecule has 116 valence electrons. The van der Waals surface area contributed by atoms with E-state index in [2.05, 4.69) is 63.8 Å². The lowest BCUT2D eigenvalue weighted by atomic mass is 9.45. The third kappa shape index (κ3) is 2.56. The molecule has 1 aromatic heterocycles. The first-order valence-corrected chi connectivity index (χ1v) is 7.71. The number of nitrogens with one attached hydrogen (secondary N) is 1. The Kier molecular flexibility index (Phi) is 3.85. The van der Waals surface area contributed by atoms with Crippen molar-refractivity contribution in [2.24, 2.45) is 16.7 Å². The monoisotopic (exact) mass is 289 g/mol. The van der Waals surface area contributed by atoms with Crippen LogP contribution in [-0.2, 0) is 0 Å². The van der Waals surface area contributed by atoms with Gasteiger partial charge >= 0.3 is 0 Å².